The van der Waals surface area contributed by atoms with Crippen molar-refractivity contribution in [3.63, 3.8) is 0 Å². The van der Waals surface area contributed by atoms with Gasteiger partial charge in [0.25, 0.3) is 5.91 Å². The number of hydrogen-bond donors (Lipinski definition) is 1. The van der Waals surface area contributed by atoms with Crippen LogP contribution in [0.15, 0.2) is 103 Å². The molecule has 36 heavy (non-hydrogen) atoms. The van der Waals surface area contributed by atoms with Crippen molar-refractivity contribution in [2.75, 3.05) is 30.9 Å². The summed E-state index contributed by atoms with van der Waals surface area (Å²) in [5, 5.41) is 1.11. The Hall–Kier alpha value is -3.81. The van der Waals surface area contributed by atoms with Crippen LogP contribution in [0.5, 0.6) is 5.75 Å². The monoisotopic (exact) mass is 496 g/mol. The molecule has 7 heteroatoms. The van der Waals surface area contributed by atoms with Gasteiger partial charge in [-0.3, -0.25) is 14.7 Å². The maximum Gasteiger partial charge on any atom is 0.253 e. The number of amides is 1. The van der Waals surface area contributed by atoms with Crippen LogP contribution >= 0.6 is 11.9 Å². The molecule has 5 rings (SSSR count). The van der Waals surface area contributed by atoms with E-state index in [0.717, 1.165) is 60.0 Å². The van der Waals surface area contributed by atoms with Gasteiger partial charge in [0.2, 0.25) is 0 Å². The van der Waals surface area contributed by atoms with Crippen molar-refractivity contribution in [1.29, 1.82) is 0 Å². The van der Waals surface area contributed by atoms with E-state index in [4.69, 9.17) is 4.74 Å². The highest BCUT2D eigenvalue weighted by atomic mass is 32.2. The molecule has 1 amide bonds. The van der Waals surface area contributed by atoms with Gasteiger partial charge in [-0.05, 0) is 66.0 Å². The highest BCUT2D eigenvalue weighted by Crippen LogP contribution is 2.27. The molecule has 6 nitrogen and oxygen atoms in total. The minimum absolute atomic E-state index is 0.0815. The zero-order valence-electron chi connectivity index (χ0n) is 20.0. The van der Waals surface area contributed by atoms with E-state index < -0.39 is 0 Å². The van der Waals surface area contributed by atoms with Crippen molar-refractivity contribution in [3.05, 3.63) is 109 Å². The number of hydrogen-bond acceptors (Lipinski definition) is 6. The van der Waals surface area contributed by atoms with E-state index in [0.29, 0.717) is 5.56 Å². The number of ether oxygens (including phenoxy) is 1. The first-order chi connectivity index (χ1) is 17.7. The summed E-state index contributed by atoms with van der Waals surface area (Å²) in [4.78, 5) is 22.9. The number of rotatable bonds is 8. The third kappa shape index (κ3) is 5.70. The number of nitrogens with zero attached hydrogens (tertiary/aromatic N) is 3. The summed E-state index contributed by atoms with van der Waals surface area (Å²) in [7, 11) is 0. The third-order valence-electron chi connectivity index (χ3n) is 6.21. The summed E-state index contributed by atoms with van der Waals surface area (Å²) < 4.78 is 8.66. The summed E-state index contributed by atoms with van der Waals surface area (Å²) in [6.45, 7) is 7.59. The van der Waals surface area contributed by atoms with Crippen molar-refractivity contribution in [2.45, 2.75) is 11.4 Å². The molecule has 1 aliphatic heterocycles. The number of aromatic nitrogens is 1. The molecule has 0 unspecified atom stereocenters. The fourth-order valence-corrected chi connectivity index (χ4v) is 5.05. The van der Waals surface area contributed by atoms with E-state index in [1.807, 2.05) is 59.6 Å². The Morgan fingerprint density at radius 3 is 2.47 bits per heavy atom. The number of pyridine rings is 1. The molecular weight excluding hydrogens is 468 g/mol. The fourth-order valence-electron chi connectivity index (χ4n) is 4.27. The van der Waals surface area contributed by atoms with Gasteiger partial charge in [-0.1, -0.05) is 36.9 Å². The SMILES string of the molecule is C=COc1ccc(CN2CCN(C(=O)c3ccc(NSc4cccc5cccnc45)cc3)CC2)cc1. The average molecular weight is 497 g/mol. The van der Waals surface area contributed by atoms with E-state index in [2.05, 4.69) is 51.5 Å². The number of anilines is 1. The molecular formula is C29H28N4O2S. The largest absolute Gasteiger partial charge is 0.466 e. The lowest BCUT2D eigenvalue weighted by Gasteiger charge is -2.34. The highest BCUT2D eigenvalue weighted by molar-refractivity contribution is 8.00. The van der Waals surface area contributed by atoms with Gasteiger partial charge in [0.1, 0.15) is 5.75 Å². The highest BCUT2D eigenvalue weighted by Gasteiger charge is 2.22. The third-order valence-corrected chi connectivity index (χ3v) is 7.10. The first-order valence-corrected chi connectivity index (χ1v) is 12.8. The minimum atomic E-state index is 0.0815. The minimum Gasteiger partial charge on any atom is -0.466 e. The van der Waals surface area contributed by atoms with Crippen LogP contribution in [0.4, 0.5) is 5.69 Å². The summed E-state index contributed by atoms with van der Waals surface area (Å²) in [6.07, 6.45) is 3.24. The van der Waals surface area contributed by atoms with Crippen molar-refractivity contribution < 1.29 is 9.53 Å². The number of para-hydroxylation sites is 1. The molecule has 2 heterocycles. The zero-order valence-corrected chi connectivity index (χ0v) is 20.8. The van der Waals surface area contributed by atoms with Crippen molar-refractivity contribution in [1.82, 2.24) is 14.8 Å². The molecule has 4 aromatic rings. The van der Waals surface area contributed by atoms with Gasteiger partial charge in [-0.25, -0.2) is 0 Å². The van der Waals surface area contributed by atoms with E-state index in [1.54, 1.807) is 0 Å². The molecule has 0 radical (unpaired) electrons. The average Bonchev–Trinajstić information content (AvgIpc) is 2.93. The van der Waals surface area contributed by atoms with E-state index in [-0.39, 0.29) is 5.91 Å². The summed E-state index contributed by atoms with van der Waals surface area (Å²) in [5.74, 6) is 0.868. The van der Waals surface area contributed by atoms with E-state index in [1.165, 1.54) is 23.8 Å². The van der Waals surface area contributed by atoms with Crippen LogP contribution in [0.3, 0.4) is 0 Å². The second-order valence-electron chi connectivity index (χ2n) is 8.61. The topological polar surface area (TPSA) is 57.7 Å². The van der Waals surface area contributed by atoms with Crippen molar-refractivity contribution in [3.8, 4) is 5.75 Å². The van der Waals surface area contributed by atoms with Crippen LogP contribution in [0.25, 0.3) is 10.9 Å². The Labute approximate surface area is 215 Å². The Bertz CT molecular complexity index is 1330. The number of fused-ring (bicyclic) bond motifs is 1. The smallest absolute Gasteiger partial charge is 0.253 e. The molecule has 0 spiro atoms. The Morgan fingerprint density at radius 1 is 0.972 bits per heavy atom. The Balaban J connectivity index is 1.12. The molecule has 1 aliphatic rings. The second kappa shape index (κ2) is 11.3. The number of piperazine rings is 1. The molecule has 0 aliphatic carbocycles. The van der Waals surface area contributed by atoms with Crippen molar-refractivity contribution in [2.24, 2.45) is 0 Å². The normalized spacial score (nSPS) is 13.9. The summed E-state index contributed by atoms with van der Waals surface area (Å²) >= 11 is 1.52. The van der Waals surface area contributed by atoms with Crippen LogP contribution < -0.4 is 9.46 Å². The number of carbonyl (C=O) groups excluding carboxylic acids is 1. The Kier molecular flexibility index (Phi) is 7.50. The van der Waals surface area contributed by atoms with Gasteiger partial charge in [0.15, 0.2) is 0 Å². The quantitative estimate of drug-likeness (QED) is 0.245. The maximum absolute atomic E-state index is 13.1. The number of nitrogens with one attached hydrogen (secondary N) is 1. The Morgan fingerprint density at radius 2 is 1.72 bits per heavy atom. The van der Waals surface area contributed by atoms with Gasteiger partial charge < -0.3 is 14.4 Å². The molecule has 0 atom stereocenters. The fraction of sp³-hybridized carbons (Fsp3) is 0.172. The van der Waals surface area contributed by atoms with Crippen LogP contribution in [0.1, 0.15) is 15.9 Å². The molecule has 1 N–H and O–H groups in total. The van der Waals surface area contributed by atoms with Gasteiger partial charge in [-0.15, -0.1) is 0 Å². The molecule has 1 saturated heterocycles. The van der Waals surface area contributed by atoms with Crippen LogP contribution in [0.2, 0.25) is 0 Å². The van der Waals surface area contributed by atoms with E-state index >= 15 is 0 Å². The zero-order chi connectivity index (χ0) is 24.7. The molecule has 1 aromatic heterocycles. The lowest BCUT2D eigenvalue weighted by molar-refractivity contribution is 0.0628. The molecule has 1 fully saturated rings. The molecule has 182 valence electrons. The lowest BCUT2D eigenvalue weighted by atomic mass is 10.1. The maximum atomic E-state index is 13.1. The lowest BCUT2D eigenvalue weighted by Crippen LogP contribution is -2.48. The van der Waals surface area contributed by atoms with E-state index in [9.17, 15) is 4.79 Å². The summed E-state index contributed by atoms with van der Waals surface area (Å²) in [6, 6.07) is 25.9. The second-order valence-corrected chi connectivity index (χ2v) is 9.46. The van der Waals surface area contributed by atoms with Crippen LogP contribution in [0, 0.1) is 0 Å². The predicted molar refractivity (Wildman–Crippen MR) is 146 cm³/mol. The number of carbonyl (C=O) groups is 1. The van der Waals surface area contributed by atoms with Gasteiger partial charge in [0, 0.05) is 55.6 Å². The van der Waals surface area contributed by atoms with Crippen LogP contribution in [-0.4, -0.2) is 46.9 Å². The molecule has 0 bridgehead atoms. The van der Waals surface area contributed by atoms with Gasteiger partial charge in [-0.2, -0.15) is 0 Å². The van der Waals surface area contributed by atoms with Gasteiger partial charge in [0.05, 0.1) is 16.7 Å². The number of benzene rings is 3. The summed E-state index contributed by atoms with van der Waals surface area (Å²) in [5.41, 5.74) is 3.86. The first-order valence-electron chi connectivity index (χ1n) is 11.9. The predicted octanol–water partition coefficient (Wildman–Crippen LogP) is 5.83. The van der Waals surface area contributed by atoms with Crippen LogP contribution in [-0.2, 0) is 6.54 Å². The molecule has 0 saturated carbocycles. The first kappa shape index (κ1) is 23.9. The standard InChI is InChI=1S/C29H28N4O2S/c1-2-35-26-14-8-22(9-15-26)21-32-17-19-33(20-18-32)29(34)24-10-12-25(13-11-24)31-36-27-7-3-5-23-6-4-16-30-28(23)27/h2-16,31H,1,17-21H2. The van der Waals surface area contributed by atoms with Gasteiger partial charge >= 0.3 is 0 Å². The molecule has 3 aromatic carbocycles. The van der Waals surface area contributed by atoms with Crippen molar-refractivity contribution >= 4 is 34.4 Å².